The first-order chi connectivity index (χ1) is 8.43. The summed E-state index contributed by atoms with van der Waals surface area (Å²) in [6.45, 7) is 0. The van der Waals surface area contributed by atoms with Crippen LogP contribution in [0, 0.1) is 0 Å². The van der Waals surface area contributed by atoms with E-state index in [4.69, 9.17) is 34.8 Å². The van der Waals surface area contributed by atoms with Gasteiger partial charge in [0.1, 0.15) is 0 Å². The average molecular weight is 322 g/mol. The standard InChI is InChI=1S/C12H7Cl3O2S/c13-9-6-11(15)12(7-10(9)14)18(16,17)8-4-2-1-3-5-8/h1-7H. The lowest BCUT2D eigenvalue weighted by atomic mass is 10.3. The van der Waals surface area contributed by atoms with E-state index in [1.807, 2.05) is 0 Å². The number of rotatable bonds is 2. The predicted octanol–water partition coefficient (Wildman–Crippen LogP) is 4.48. The minimum absolute atomic E-state index is 0.0493. The molecule has 0 heterocycles. The fourth-order valence-electron chi connectivity index (χ4n) is 1.44. The van der Waals surface area contributed by atoms with Gasteiger partial charge < -0.3 is 0 Å². The zero-order valence-corrected chi connectivity index (χ0v) is 12.0. The van der Waals surface area contributed by atoms with E-state index in [0.29, 0.717) is 0 Å². The van der Waals surface area contributed by atoms with Crippen molar-refractivity contribution in [3.63, 3.8) is 0 Å². The highest BCUT2D eigenvalue weighted by Crippen LogP contribution is 2.34. The summed E-state index contributed by atoms with van der Waals surface area (Å²) in [6, 6.07) is 10.6. The Kier molecular flexibility index (Phi) is 3.87. The zero-order valence-electron chi connectivity index (χ0n) is 8.90. The monoisotopic (exact) mass is 320 g/mol. The fraction of sp³-hybridized carbons (Fsp3) is 0. The molecule has 2 nitrogen and oxygen atoms in total. The van der Waals surface area contributed by atoms with Crippen molar-refractivity contribution in [2.24, 2.45) is 0 Å². The molecule has 6 heteroatoms. The molecule has 0 bridgehead atoms. The number of halogens is 3. The smallest absolute Gasteiger partial charge is 0.208 e. The minimum Gasteiger partial charge on any atom is -0.218 e. The van der Waals surface area contributed by atoms with E-state index in [1.165, 1.54) is 24.3 Å². The molecular weight excluding hydrogens is 315 g/mol. The highest BCUT2D eigenvalue weighted by Gasteiger charge is 2.21. The Bertz CT molecular complexity index is 682. The van der Waals surface area contributed by atoms with E-state index in [-0.39, 0.29) is 24.9 Å². The lowest BCUT2D eigenvalue weighted by Crippen LogP contribution is -2.02. The molecule has 0 unspecified atom stereocenters. The van der Waals surface area contributed by atoms with E-state index in [1.54, 1.807) is 18.2 Å². The quantitative estimate of drug-likeness (QED) is 0.764. The normalized spacial score (nSPS) is 11.5. The summed E-state index contributed by atoms with van der Waals surface area (Å²) in [5, 5.41) is 0.414. The molecule has 0 aliphatic rings. The van der Waals surface area contributed by atoms with Gasteiger partial charge in [0.25, 0.3) is 0 Å². The highest BCUT2D eigenvalue weighted by molar-refractivity contribution is 7.91. The van der Waals surface area contributed by atoms with Gasteiger partial charge in [-0.25, -0.2) is 8.42 Å². The van der Waals surface area contributed by atoms with Crippen LogP contribution in [0.25, 0.3) is 0 Å². The second kappa shape index (κ2) is 5.10. The van der Waals surface area contributed by atoms with Gasteiger partial charge in [-0.3, -0.25) is 0 Å². The molecule has 0 saturated heterocycles. The number of hydrogen-bond acceptors (Lipinski definition) is 2. The number of benzene rings is 2. The van der Waals surface area contributed by atoms with Crippen molar-refractivity contribution in [1.82, 2.24) is 0 Å². The second-order valence-electron chi connectivity index (χ2n) is 3.51. The molecule has 18 heavy (non-hydrogen) atoms. The van der Waals surface area contributed by atoms with Crippen LogP contribution >= 0.6 is 34.8 Å². The molecule has 94 valence electrons. The molecule has 0 amide bonds. The maximum absolute atomic E-state index is 12.3. The van der Waals surface area contributed by atoms with Crippen LogP contribution in [0.1, 0.15) is 0 Å². The molecule has 0 saturated carbocycles. The summed E-state index contributed by atoms with van der Waals surface area (Å²) in [4.78, 5) is 0.107. The van der Waals surface area contributed by atoms with E-state index >= 15 is 0 Å². The topological polar surface area (TPSA) is 34.1 Å². The van der Waals surface area contributed by atoms with Gasteiger partial charge in [0.05, 0.1) is 24.9 Å². The second-order valence-corrected chi connectivity index (χ2v) is 6.65. The Hall–Kier alpha value is -0.740. The van der Waals surface area contributed by atoms with Crippen molar-refractivity contribution in [3.8, 4) is 0 Å². The number of hydrogen-bond donors (Lipinski definition) is 0. The van der Waals surface area contributed by atoms with Gasteiger partial charge in [0.2, 0.25) is 9.84 Å². The van der Waals surface area contributed by atoms with Crippen LogP contribution in [0.15, 0.2) is 52.3 Å². The summed E-state index contributed by atoms with van der Waals surface area (Å²) in [5.41, 5.74) is 0. The van der Waals surface area contributed by atoms with Crippen molar-refractivity contribution in [3.05, 3.63) is 57.5 Å². The van der Waals surface area contributed by atoms with Gasteiger partial charge in [0, 0.05) is 0 Å². The van der Waals surface area contributed by atoms with Crippen molar-refractivity contribution < 1.29 is 8.42 Å². The molecule has 2 rings (SSSR count). The highest BCUT2D eigenvalue weighted by atomic mass is 35.5. The van der Waals surface area contributed by atoms with Crippen LogP contribution in [-0.4, -0.2) is 8.42 Å². The van der Waals surface area contributed by atoms with Crippen LogP contribution in [0.2, 0.25) is 15.1 Å². The van der Waals surface area contributed by atoms with Crippen molar-refractivity contribution in [1.29, 1.82) is 0 Å². The molecule has 0 atom stereocenters. The summed E-state index contributed by atoms with van der Waals surface area (Å²) in [6.07, 6.45) is 0. The van der Waals surface area contributed by atoms with Crippen LogP contribution < -0.4 is 0 Å². The third-order valence-corrected chi connectivity index (χ3v) is 5.27. The van der Waals surface area contributed by atoms with Gasteiger partial charge >= 0.3 is 0 Å². The lowest BCUT2D eigenvalue weighted by molar-refractivity contribution is 0.596. The van der Waals surface area contributed by atoms with Crippen LogP contribution in [-0.2, 0) is 9.84 Å². The maximum atomic E-state index is 12.3. The largest absolute Gasteiger partial charge is 0.218 e. The summed E-state index contributed by atoms with van der Waals surface area (Å²) in [7, 11) is -3.68. The zero-order chi connectivity index (χ0) is 13.3. The van der Waals surface area contributed by atoms with E-state index in [9.17, 15) is 8.42 Å². The van der Waals surface area contributed by atoms with Crippen LogP contribution in [0.4, 0.5) is 0 Å². The predicted molar refractivity (Wildman–Crippen MR) is 73.4 cm³/mol. The van der Waals surface area contributed by atoms with Crippen molar-refractivity contribution in [2.45, 2.75) is 9.79 Å². The summed E-state index contributed by atoms with van der Waals surface area (Å²) in [5.74, 6) is 0. The van der Waals surface area contributed by atoms with Gasteiger partial charge in [-0.05, 0) is 24.3 Å². The molecule has 2 aromatic carbocycles. The number of sulfone groups is 1. The fourth-order valence-corrected chi connectivity index (χ4v) is 3.71. The van der Waals surface area contributed by atoms with Gasteiger partial charge in [0.15, 0.2) is 0 Å². The first-order valence-corrected chi connectivity index (χ1v) is 7.49. The average Bonchev–Trinajstić information content (AvgIpc) is 2.34. The molecular formula is C12H7Cl3O2S. The third kappa shape index (κ3) is 2.50. The lowest BCUT2D eigenvalue weighted by Gasteiger charge is -2.08. The summed E-state index contributed by atoms with van der Waals surface area (Å²) >= 11 is 17.5. The first kappa shape index (κ1) is 13.7. The molecule has 0 spiro atoms. The molecule has 0 aliphatic heterocycles. The molecule has 0 fully saturated rings. The Morgan fingerprint density at radius 3 is 1.94 bits per heavy atom. The maximum Gasteiger partial charge on any atom is 0.208 e. The Balaban J connectivity index is 2.66. The molecule has 0 N–H and O–H groups in total. The molecule has 2 aromatic rings. The van der Waals surface area contributed by atoms with Crippen molar-refractivity contribution >= 4 is 44.6 Å². The van der Waals surface area contributed by atoms with Gasteiger partial charge in [-0.15, -0.1) is 0 Å². The van der Waals surface area contributed by atoms with Crippen LogP contribution in [0.5, 0.6) is 0 Å². The summed E-state index contributed by atoms with van der Waals surface area (Å²) < 4.78 is 24.7. The van der Waals surface area contributed by atoms with Gasteiger partial charge in [-0.1, -0.05) is 53.0 Å². The Morgan fingerprint density at radius 1 is 0.778 bits per heavy atom. The van der Waals surface area contributed by atoms with E-state index < -0.39 is 9.84 Å². The van der Waals surface area contributed by atoms with Crippen LogP contribution in [0.3, 0.4) is 0 Å². The van der Waals surface area contributed by atoms with E-state index in [0.717, 1.165) is 0 Å². The van der Waals surface area contributed by atoms with Gasteiger partial charge in [-0.2, -0.15) is 0 Å². The third-order valence-electron chi connectivity index (χ3n) is 2.32. The SMILES string of the molecule is O=S(=O)(c1ccccc1)c1cc(Cl)c(Cl)cc1Cl. The Morgan fingerprint density at radius 2 is 1.33 bits per heavy atom. The first-order valence-electron chi connectivity index (χ1n) is 4.87. The van der Waals surface area contributed by atoms with E-state index in [2.05, 4.69) is 0 Å². The molecule has 0 aliphatic carbocycles. The van der Waals surface area contributed by atoms with Crippen molar-refractivity contribution in [2.75, 3.05) is 0 Å². The minimum atomic E-state index is -3.68. The molecule has 0 aromatic heterocycles. The Labute approximate surface area is 120 Å². The molecule has 0 radical (unpaired) electrons.